The van der Waals surface area contributed by atoms with E-state index >= 15 is 0 Å². The summed E-state index contributed by atoms with van der Waals surface area (Å²) in [5.74, 6) is 0.840. The maximum absolute atomic E-state index is 12.7. The number of hydrogen-bond acceptors (Lipinski definition) is 2. The highest BCUT2D eigenvalue weighted by molar-refractivity contribution is 6.00. The average Bonchev–Trinajstić information content (AvgIpc) is 2.37. The Labute approximate surface area is 124 Å². The molecule has 20 heavy (non-hydrogen) atoms. The first kappa shape index (κ1) is 16.9. The summed E-state index contributed by atoms with van der Waals surface area (Å²) in [6, 6.07) is 10.1. The SMILES string of the molecule is CC(C)CN(CC(C)(C)C(=O)c1ccccc1)C(C)C. The second-order valence-electron chi connectivity index (χ2n) is 7.00. The first-order valence-corrected chi connectivity index (χ1v) is 7.58. The van der Waals surface area contributed by atoms with Gasteiger partial charge in [0.1, 0.15) is 0 Å². The van der Waals surface area contributed by atoms with Crippen molar-refractivity contribution in [3.05, 3.63) is 35.9 Å². The van der Waals surface area contributed by atoms with Gasteiger partial charge >= 0.3 is 0 Å². The van der Waals surface area contributed by atoms with Gasteiger partial charge in [0.05, 0.1) is 0 Å². The molecule has 0 aliphatic carbocycles. The molecule has 0 aromatic heterocycles. The van der Waals surface area contributed by atoms with Gasteiger partial charge in [0.25, 0.3) is 0 Å². The van der Waals surface area contributed by atoms with Gasteiger partial charge in [-0.05, 0) is 19.8 Å². The number of ketones is 1. The van der Waals surface area contributed by atoms with Crippen molar-refractivity contribution in [1.82, 2.24) is 4.90 Å². The molecule has 1 aromatic rings. The van der Waals surface area contributed by atoms with Crippen LogP contribution in [0.1, 0.15) is 51.9 Å². The van der Waals surface area contributed by atoms with E-state index < -0.39 is 0 Å². The van der Waals surface area contributed by atoms with Gasteiger partial charge in [0.15, 0.2) is 5.78 Å². The molecular formula is C18H29NO. The third-order valence-electron chi connectivity index (χ3n) is 3.58. The molecule has 0 heterocycles. The second kappa shape index (κ2) is 7.03. The van der Waals surface area contributed by atoms with Crippen LogP contribution in [0.2, 0.25) is 0 Å². The van der Waals surface area contributed by atoms with Gasteiger partial charge in [0.2, 0.25) is 0 Å². The van der Waals surface area contributed by atoms with Crippen LogP contribution >= 0.6 is 0 Å². The third-order valence-corrected chi connectivity index (χ3v) is 3.58. The molecule has 0 bridgehead atoms. The van der Waals surface area contributed by atoms with Crippen molar-refractivity contribution in [2.75, 3.05) is 13.1 Å². The quantitative estimate of drug-likeness (QED) is 0.693. The van der Waals surface area contributed by atoms with E-state index in [1.807, 2.05) is 30.3 Å². The zero-order chi connectivity index (χ0) is 15.3. The summed E-state index contributed by atoms with van der Waals surface area (Å²) in [5.41, 5.74) is 0.450. The monoisotopic (exact) mass is 275 g/mol. The number of nitrogens with zero attached hydrogens (tertiary/aromatic N) is 1. The van der Waals surface area contributed by atoms with E-state index in [0.29, 0.717) is 12.0 Å². The van der Waals surface area contributed by atoms with Crippen LogP contribution in [0.4, 0.5) is 0 Å². The lowest BCUT2D eigenvalue weighted by molar-refractivity contribution is 0.0713. The number of carbonyl (C=O) groups is 1. The van der Waals surface area contributed by atoms with Gasteiger partial charge in [0, 0.05) is 30.1 Å². The minimum Gasteiger partial charge on any atom is -0.300 e. The van der Waals surface area contributed by atoms with Gasteiger partial charge in [-0.2, -0.15) is 0 Å². The van der Waals surface area contributed by atoms with Crippen LogP contribution in [0, 0.1) is 11.3 Å². The molecule has 0 saturated heterocycles. The fourth-order valence-electron chi connectivity index (χ4n) is 2.49. The number of benzene rings is 1. The van der Waals surface area contributed by atoms with Crippen molar-refractivity contribution in [3.63, 3.8) is 0 Å². The van der Waals surface area contributed by atoms with E-state index in [2.05, 4.69) is 46.4 Å². The predicted octanol–water partition coefficient (Wildman–Crippen LogP) is 4.26. The van der Waals surface area contributed by atoms with Gasteiger partial charge in [-0.3, -0.25) is 9.69 Å². The van der Waals surface area contributed by atoms with Crippen molar-refractivity contribution in [1.29, 1.82) is 0 Å². The topological polar surface area (TPSA) is 20.3 Å². The highest BCUT2D eigenvalue weighted by Gasteiger charge is 2.31. The van der Waals surface area contributed by atoms with Crippen LogP contribution in [0.5, 0.6) is 0 Å². The Morgan fingerprint density at radius 2 is 1.65 bits per heavy atom. The van der Waals surface area contributed by atoms with E-state index in [0.717, 1.165) is 18.7 Å². The van der Waals surface area contributed by atoms with E-state index in [1.54, 1.807) is 0 Å². The molecule has 0 aliphatic heterocycles. The Balaban J connectivity index is 2.84. The summed E-state index contributed by atoms with van der Waals surface area (Å²) in [7, 11) is 0. The van der Waals surface area contributed by atoms with Gasteiger partial charge in [-0.15, -0.1) is 0 Å². The Morgan fingerprint density at radius 1 is 1.10 bits per heavy atom. The molecule has 0 unspecified atom stereocenters. The van der Waals surface area contributed by atoms with Crippen molar-refractivity contribution >= 4 is 5.78 Å². The summed E-state index contributed by atoms with van der Waals surface area (Å²) in [4.78, 5) is 15.1. The summed E-state index contributed by atoms with van der Waals surface area (Å²) in [6.07, 6.45) is 0. The van der Waals surface area contributed by atoms with Crippen molar-refractivity contribution < 1.29 is 4.79 Å². The normalized spacial score (nSPS) is 12.4. The molecule has 2 heteroatoms. The van der Waals surface area contributed by atoms with Crippen LogP contribution < -0.4 is 0 Å². The smallest absolute Gasteiger partial charge is 0.169 e. The van der Waals surface area contributed by atoms with E-state index in [1.165, 1.54) is 0 Å². The lowest BCUT2D eigenvalue weighted by Gasteiger charge is -2.35. The average molecular weight is 275 g/mol. The summed E-state index contributed by atoms with van der Waals surface area (Å²) >= 11 is 0. The molecule has 0 aliphatic rings. The maximum Gasteiger partial charge on any atom is 0.169 e. The van der Waals surface area contributed by atoms with Crippen LogP contribution in [-0.2, 0) is 0 Å². The van der Waals surface area contributed by atoms with Crippen LogP contribution in [0.15, 0.2) is 30.3 Å². The highest BCUT2D eigenvalue weighted by Crippen LogP contribution is 2.24. The molecule has 0 N–H and O–H groups in total. The zero-order valence-corrected chi connectivity index (χ0v) is 13.8. The second-order valence-corrected chi connectivity index (χ2v) is 7.00. The fourth-order valence-corrected chi connectivity index (χ4v) is 2.49. The van der Waals surface area contributed by atoms with E-state index in [9.17, 15) is 4.79 Å². The van der Waals surface area contributed by atoms with Gasteiger partial charge in [-0.1, -0.05) is 58.0 Å². The Hall–Kier alpha value is -1.15. The molecule has 2 nitrogen and oxygen atoms in total. The first-order valence-electron chi connectivity index (χ1n) is 7.58. The third kappa shape index (κ3) is 4.75. The lowest BCUT2D eigenvalue weighted by atomic mass is 9.83. The van der Waals surface area contributed by atoms with Crippen molar-refractivity contribution in [3.8, 4) is 0 Å². The molecule has 0 amide bonds. The summed E-state index contributed by atoms with van der Waals surface area (Å²) in [5, 5.41) is 0. The molecule has 1 aromatic carbocycles. The molecular weight excluding hydrogens is 246 g/mol. The highest BCUT2D eigenvalue weighted by atomic mass is 16.1. The summed E-state index contributed by atoms with van der Waals surface area (Å²) in [6.45, 7) is 14.8. The van der Waals surface area contributed by atoms with E-state index in [-0.39, 0.29) is 11.2 Å². The van der Waals surface area contributed by atoms with Gasteiger partial charge < -0.3 is 0 Å². The predicted molar refractivity (Wildman–Crippen MR) is 86.1 cm³/mol. The molecule has 1 rings (SSSR count). The number of rotatable bonds is 7. The molecule has 0 spiro atoms. The molecule has 0 saturated carbocycles. The molecule has 0 fully saturated rings. The Kier molecular flexibility index (Phi) is 5.94. The molecule has 112 valence electrons. The summed E-state index contributed by atoms with van der Waals surface area (Å²) < 4.78 is 0. The zero-order valence-electron chi connectivity index (χ0n) is 13.8. The Morgan fingerprint density at radius 3 is 2.10 bits per heavy atom. The minimum atomic E-state index is -0.361. The van der Waals surface area contributed by atoms with Crippen molar-refractivity contribution in [2.45, 2.75) is 47.6 Å². The minimum absolute atomic E-state index is 0.229. The maximum atomic E-state index is 12.7. The van der Waals surface area contributed by atoms with Gasteiger partial charge in [-0.25, -0.2) is 0 Å². The Bertz CT molecular complexity index is 420. The van der Waals surface area contributed by atoms with Crippen LogP contribution in [0.3, 0.4) is 0 Å². The number of hydrogen-bond donors (Lipinski definition) is 0. The largest absolute Gasteiger partial charge is 0.300 e. The van der Waals surface area contributed by atoms with Crippen LogP contribution in [-0.4, -0.2) is 29.8 Å². The number of carbonyl (C=O) groups excluding carboxylic acids is 1. The van der Waals surface area contributed by atoms with Crippen LogP contribution in [0.25, 0.3) is 0 Å². The first-order chi connectivity index (χ1) is 9.24. The fraction of sp³-hybridized carbons (Fsp3) is 0.611. The van der Waals surface area contributed by atoms with Crippen molar-refractivity contribution in [2.24, 2.45) is 11.3 Å². The molecule has 0 radical (unpaired) electrons. The van der Waals surface area contributed by atoms with E-state index in [4.69, 9.17) is 0 Å². The lowest BCUT2D eigenvalue weighted by Crippen LogP contribution is -2.44. The molecule has 0 atom stereocenters. The standard InChI is InChI=1S/C18H29NO/c1-14(2)12-19(15(3)4)13-18(5,6)17(20)16-10-8-7-9-11-16/h7-11,14-15H,12-13H2,1-6H3. The number of Topliss-reactive ketones (excluding diaryl/α,β-unsaturated/α-hetero) is 1.